The third-order valence-corrected chi connectivity index (χ3v) is 2.38. The highest BCUT2D eigenvalue weighted by Gasteiger charge is 2.14. The van der Waals surface area contributed by atoms with E-state index in [-0.39, 0.29) is 30.9 Å². The molecule has 1 aromatic heterocycles. The number of hydrogen-bond donors (Lipinski definition) is 1. The molecule has 0 aliphatic heterocycles. The van der Waals surface area contributed by atoms with Crippen molar-refractivity contribution >= 4 is 17.8 Å². The normalized spacial score (nSPS) is 11.5. The number of carbonyl (C=O) groups is 2. The minimum atomic E-state index is -0.354. The standard InChI is InChI=1S/C12H18N4O3/c1-9(7-11(18)19-3)15-10(17)8-16(2)12-13-5-4-6-14-12/h4-6,9H,7-8H2,1-3H3,(H,15,17). The maximum Gasteiger partial charge on any atom is 0.307 e. The van der Waals surface area contributed by atoms with Crippen LogP contribution in [0.4, 0.5) is 5.95 Å². The summed E-state index contributed by atoms with van der Waals surface area (Å²) in [4.78, 5) is 32.5. The van der Waals surface area contributed by atoms with E-state index in [0.29, 0.717) is 5.95 Å². The zero-order chi connectivity index (χ0) is 14.3. The van der Waals surface area contributed by atoms with Crippen molar-refractivity contribution in [2.75, 3.05) is 25.6 Å². The number of rotatable bonds is 6. The lowest BCUT2D eigenvalue weighted by Crippen LogP contribution is -2.41. The number of nitrogens with zero attached hydrogens (tertiary/aromatic N) is 3. The molecule has 1 N–H and O–H groups in total. The minimum absolute atomic E-state index is 0.121. The van der Waals surface area contributed by atoms with Gasteiger partial charge in [0.1, 0.15) is 0 Å². The fourth-order valence-electron chi connectivity index (χ4n) is 1.48. The van der Waals surface area contributed by atoms with Gasteiger partial charge >= 0.3 is 5.97 Å². The molecule has 7 nitrogen and oxygen atoms in total. The maximum absolute atomic E-state index is 11.7. The first-order valence-electron chi connectivity index (χ1n) is 5.87. The molecule has 0 aromatic carbocycles. The van der Waals surface area contributed by atoms with Crippen LogP contribution in [0.1, 0.15) is 13.3 Å². The predicted molar refractivity (Wildman–Crippen MR) is 69.5 cm³/mol. The van der Waals surface area contributed by atoms with Crippen LogP contribution in [0.15, 0.2) is 18.5 Å². The number of aromatic nitrogens is 2. The summed E-state index contributed by atoms with van der Waals surface area (Å²) in [7, 11) is 3.04. The molecule has 1 atom stereocenters. The largest absolute Gasteiger partial charge is 0.469 e. The van der Waals surface area contributed by atoms with Crippen molar-refractivity contribution in [1.82, 2.24) is 15.3 Å². The van der Waals surface area contributed by atoms with Crippen LogP contribution in [0.25, 0.3) is 0 Å². The van der Waals surface area contributed by atoms with Crippen LogP contribution in [0.5, 0.6) is 0 Å². The van der Waals surface area contributed by atoms with Crippen molar-refractivity contribution in [1.29, 1.82) is 0 Å². The molecule has 1 unspecified atom stereocenters. The molecule has 1 aromatic rings. The summed E-state index contributed by atoms with van der Waals surface area (Å²) < 4.78 is 4.53. The Morgan fingerprint density at radius 1 is 1.42 bits per heavy atom. The number of ether oxygens (including phenoxy) is 1. The Bertz CT molecular complexity index is 424. The van der Waals surface area contributed by atoms with Crippen molar-refractivity contribution in [2.45, 2.75) is 19.4 Å². The average molecular weight is 266 g/mol. The van der Waals surface area contributed by atoms with E-state index in [1.54, 1.807) is 37.3 Å². The van der Waals surface area contributed by atoms with E-state index in [9.17, 15) is 9.59 Å². The molecule has 7 heteroatoms. The first kappa shape index (κ1) is 14.9. The molecule has 1 rings (SSSR count). The number of anilines is 1. The van der Waals surface area contributed by atoms with Gasteiger partial charge in [0.15, 0.2) is 0 Å². The van der Waals surface area contributed by atoms with E-state index in [4.69, 9.17) is 0 Å². The lowest BCUT2D eigenvalue weighted by molar-refractivity contribution is -0.141. The minimum Gasteiger partial charge on any atom is -0.469 e. The van der Waals surface area contributed by atoms with Gasteiger partial charge < -0.3 is 15.0 Å². The number of amides is 1. The van der Waals surface area contributed by atoms with Crippen molar-refractivity contribution in [3.05, 3.63) is 18.5 Å². The first-order chi connectivity index (χ1) is 9.02. The molecule has 0 spiro atoms. The average Bonchev–Trinajstić information content (AvgIpc) is 2.39. The summed E-state index contributed by atoms with van der Waals surface area (Å²) in [6.45, 7) is 1.86. The Hall–Kier alpha value is -2.18. The van der Waals surface area contributed by atoms with Crippen LogP contribution in [0.2, 0.25) is 0 Å². The fraction of sp³-hybridized carbons (Fsp3) is 0.500. The van der Waals surface area contributed by atoms with Gasteiger partial charge in [0, 0.05) is 25.5 Å². The highest BCUT2D eigenvalue weighted by molar-refractivity contribution is 5.81. The lowest BCUT2D eigenvalue weighted by atomic mass is 10.2. The molecule has 1 heterocycles. The van der Waals surface area contributed by atoms with E-state index < -0.39 is 0 Å². The van der Waals surface area contributed by atoms with Gasteiger partial charge in [-0.05, 0) is 13.0 Å². The smallest absolute Gasteiger partial charge is 0.307 e. The zero-order valence-electron chi connectivity index (χ0n) is 11.3. The number of carbonyl (C=O) groups excluding carboxylic acids is 2. The number of hydrogen-bond acceptors (Lipinski definition) is 6. The highest BCUT2D eigenvalue weighted by Crippen LogP contribution is 2.01. The third-order valence-electron chi connectivity index (χ3n) is 2.38. The van der Waals surface area contributed by atoms with E-state index in [1.807, 2.05) is 0 Å². The second kappa shape index (κ2) is 7.30. The Kier molecular flexibility index (Phi) is 5.72. The molecule has 104 valence electrons. The van der Waals surface area contributed by atoms with E-state index >= 15 is 0 Å². The monoisotopic (exact) mass is 266 g/mol. The van der Waals surface area contributed by atoms with Crippen LogP contribution in [-0.2, 0) is 14.3 Å². The Labute approximate surface area is 112 Å². The summed E-state index contributed by atoms with van der Waals surface area (Å²) in [5, 5.41) is 2.71. The van der Waals surface area contributed by atoms with Crippen molar-refractivity contribution in [3.63, 3.8) is 0 Å². The predicted octanol–water partition coefficient (Wildman–Crippen LogP) is -0.0194. The van der Waals surface area contributed by atoms with Gasteiger partial charge in [-0.3, -0.25) is 9.59 Å². The number of likely N-dealkylation sites (N-methyl/N-ethyl adjacent to an activating group) is 1. The zero-order valence-corrected chi connectivity index (χ0v) is 11.3. The summed E-state index contributed by atoms with van der Waals surface area (Å²) in [6, 6.07) is 1.43. The summed E-state index contributed by atoms with van der Waals surface area (Å²) in [5.41, 5.74) is 0. The van der Waals surface area contributed by atoms with Crippen LogP contribution in [0, 0.1) is 0 Å². The van der Waals surface area contributed by atoms with Crippen molar-refractivity contribution in [2.24, 2.45) is 0 Å². The Morgan fingerprint density at radius 3 is 2.63 bits per heavy atom. The highest BCUT2D eigenvalue weighted by atomic mass is 16.5. The fourth-order valence-corrected chi connectivity index (χ4v) is 1.48. The van der Waals surface area contributed by atoms with Gasteiger partial charge in [-0.25, -0.2) is 9.97 Å². The second-order valence-corrected chi connectivity index (χ2v) is 4.15. The maximum atomic E-state index is 11.7. The Balaban J connectivity index is 2.41. The van der Waals surface area contributed by atoms with Gasteiger partial charge in [0.25, 0.3) is 0 Å². The molecule has 0 bridgehead atoms. The molecule has 19 heavy (non-hydrogen) atoms. The van der Waals surface area contributed by atoms with Crippen LogP contribution < -0.4 is 10.2 Å². The summed E-state index contributed by atoms with van der Waals surface area (Å²) in [5.74, 6) is -0.0859. The molecule has 0 saturated heterocycles. The molecule has 0 radical (unpaired) electrons. The van der Waals surface area contributed by atoms with Gasteiger partial charge in [-0.15, -0.1) is 0 Å². The van der Waals surface area contributed by atoms with Gasteiger partial charge in [-0.2, -0.15) is 0 Å². The summed E-state index contributed by atoms with van der Waals surface area (Å²) in [6.07, 6.45) is 3.36. The van der Waals surface area contributed by atoms with Crippen molar-refractivity contribution < 1.29 is 14.3 Å². The van der Waals surface area contributed by atoms with Crippen LogP contribution >= 0.6 is 0 Å². The number of nitrogens with one attached hydrogen (secondary N) is 1. The van der Waals surface area contributed by atoms with Gasteiger partial charge in [0.2, 0.25) is 11.9 Å². The van der Waals surface area contributed by atoms with Gasteiger partial charge in [0.05, 0.1) is 20.1 Å². The number of esters is 1. The van der Waals surface area contributed by atoms with E-state index in [1.165, 1.54) is 7.11 Å². The molecule has 0 fully saturated rings. The third kappa shape index (κ3) is 5.33. The molecule has 0 aliphatic rings. The Morgan fingerprint density at radius 2 is 2.05 bits per heavy atom. The second-order valence-electron chi connectivity index (χ2n) is 4.15. The molecule has 1 amide bonds. The van der Waals surface area contributed by atoms with Crippen LogP contribution in [-0.4, -0.2) is 48.6 Å². The number of methoxy groups -OCH3 is 1. The first-order valence-corrected chi connectivity index (χ1v) is 5.87. The lowest BCUT2D eigenvalue weighted by Gasteiger charge is -2.18. The molecule has 0 aliphatic carbocycles. The molecular formula is C12H18N4O3. The quantitative estimate of drug-likeness (QED) is 0.728. The van der Waals surface area contributed by atoms with E-state index in [0.717, 1.165) is 0 Å². The van der Waals surface area contributed by atoms with Gasteiger partial charge in [-0.1, -0.05) is 0 Å². The van der Waals surface area contributed by atoms with Crippen LogP contribution in [0.3, 0.4) is 0 Å². The van der Waals surface area contributed by atoms with E-state index in [2.05, 4.69) is 20.0 Å². The SMILES string of the molecule is COC(=O)CC(C)NC(=O)CN(C)c1ncccn1. The molecule has 0 saturated carbocycles. The molecular weight excluding hydrogens is 248 g/mol. The van der Waals surface area contributed by atoms with Crippen molar-refractivity contribution in [3.8, 4) is 0 Å². The topological polar surface area (TPSA) is 84.4 Å². The summed E-state index contributed by atoms with van der Waals surface area (Å²) >= 11 is 0.